The van der Waals surface area contributed by atoms with Crippen molar-refractivity contribution >= 4 is 0 Å². The first kappa shape index (κ1) is 19.9. The van der Waals surface area contributed by atoms with E-state index in [-0.39, 0.29) is 0 Å². The summed E-state index contributed by atoms with van der Waals surface area (Å²) in [7, 11) is 1.24. The molecule has 0 unspecified atom stereocenters. The molecule has 0 radical (unpaired) electrons. The van der Waals surface area contributed by atoms with Crippen molar-refractivity contribution < 1.29 is 54.7 Å². The van der Waals surface area contributed by atoms with Crippen molar-refractivity contribution in [1.82, 2.24) is 0 Å². The molecular formula is C13H24O11. The highest BCUT2D eigenvalue weighted by molar-refractivity contribution is 4.93. The molecule has 2 saturated heterocycles. The molecule has 2 heterocycles. The minimum Gasteiger partial charge on any atom is -0.394 e. The van der Waals surface area contributed by atoms with Gasteiger partial charge in [-0.3, -0.25) is 0 Å². The molecule has 2 rings (SSSR count). The van der Waals surface area contributed by atoms with E-state index in [1.54, 1.807) is 0 Å². The second-order valence-electron chi connectivity index (χ2n) is 5.74. The van der Waals surface area contributed by atoms with Gasteiger partial charge in [-0.15, -0.1) is 0 Å². The monoisotopic (exact) mass is 356 g/mol. The van der Waals surface area contributed by atoms with Gasteiger partial charge in [0.1, 0.15) is 48.8 Å². The van der Waals surface area contributed by atoms with Gasteiger partial charge in [0.25, 0.3) is 0 Å². The number of aliphatic hydroxyl groups is 7. The molecule has 0 spiro atoms. The van der Waals surface area contributed by atoms with Crippen LogP contribution in [0.25, 0.3) is 0 Å². The third-order valence-corrected chi connectivity index (χ3v) is 4.19. The van der Waals surface area contributed by atoms with E-state index in [0.29, 0.717) is 0 Å². The van der Waals surface area contributed by atoms with Gasteiger partial charge in [0.05, 0.1) is 13.2 Å². The minimum atomic E-state index is -1.70. The molecule has 10 atom stereocenters. The van der Waals surface area contributed by atoms with Crippen LogP contribution in [-0.4, -0.2) is 117 Å². The van der Waals surface area contributed by atoms with Crippen LogP contribution in [0.4, 0.5) is 0 Å². The summed E-state index contributed by atoms with van der Waals surface area (Å²) in [4.78, 5) is 0. The van der Waals surface area contributed by atoms with Crippen LogP contribution >= 0.6 is 0 Å². The molecule has 0 aromatic carbocycles. The van der Waals surface area contributed by atoms with Crippen molar-refractivity contribution in [3.8, 4) is 0 Å². The van der Waals surface area contributed by atoms with E-state index in [2.05, 4.69) is 0 Å². The Kier molecular flexibility index (Phi) is 6.87. The van der Waals surface area contributed by atoms with Crippen molar-refractivity contribution in [1.29, 1.82) is 0 Å². The Morgan fingerprint density at radius 2 is 1.25 bits per heavy atom. The van der Waals surface area contributed by atoms with Crippen LogP contribution in [0.3, 0.4) is 0 Å². The first-order valence-corrected chi connectivity index (χ1v) is 7.46. The van der Waals surface area contributed by atoms with Crippen LogP contribution in [0.2, 0.25) is 0 Å². The zero-order valence-corrected chi connectivity index (χ0v) is 13.0. The van der Waals surface area contributed by atoms with Gasteiger partial charge in [0.15, 0.2) is 12.6 Å². The third-order valence-electron chi connectivity index (χ3n) is 4.19. The molecule has 2 aliphatic heterocycles. The lowest BCUT2D eigenvalue weighted by molar-refractivity contribution is -0.358. The van der Waals surface area contributed by atoms with Crippen molar-refractivity contribution in [2.75, 3.05) is 20.3 Å². The van der Waals surface area contributed by atoms with Crippen molar-refractivity contribution in [2.24, 2.45) is 0 Å². The summed E-state index contributed by atoms with van der Waals surface area (Å²) < 4.78 is 20.6. The highest BCUT2D eigenvalue weighted by Crippen LogP contribution is 2.29. The maximum atomic E-state index is 10.2. The molecule has 11 heteroatoms. The smallest absolute Gasteiger partial charge is 0.187 e. The first-order chi connectivity index (χ1) is 11.3. The summed E-state index contributed by atoms with van der Waals surface area (Å²) >= 11 is 0. The molecular weight excluding hydrogens is 332 g/mol. The molecule has 24 heavy (non-hydrogen) atoms. The van der Waals surface area contributed by atoms with Crippen LogP contribution < -0.4 is 0 Å². The maximum Gasteiger partial charge on any atom is 0.187 e. The first-order valence-electron chi connectivity index (χ1n) is 7.46. The van der Waals surface area contributed by atoms with Crippen LogP contribution in [0, 0.1) is 0 Å². The Balaban J connectivity index is 2.14. The predicted octanol–water partition coefficient (Wildman–Crippen LogP) is -4.74. The summed E-state index contributed by atoms with van der Waals surface area (Å²) in [5.74, 6) is 0. The van der Waals surface area contributed by atoms with Crippen LogP contribution in [0.1, 0.15) is 0 Å². The summed E-state index contributed by atoms with van der Waals surface area (Å²) in [5.41, 5.74) is 0. The van der Waals surface area contributed by atoms with E-state index in [0.717, 1.165) is 0 Å². The van der Waals surface area contributed by atoms with Crippen molar-refractivity contribution in [3.05, 3.63) is 0 Å². The highest BCUT2D eigenvalue weighted by atomic mass is 16.7. The Bertz CT molecular complexity index is 378. The topological polar surface area (TPSA) is 179 Å². The van der Waals surface area contributed by atoms with E-state index in [4.69, 9.17) is 24.1 Å². The second-order valence-corrected chi connectivity index (χ2v) is 5.74. The van der Waals surface area contributed by atoms with E-state index < -0.39 is 74.6 Å². The average Bonchev–Trinajstić information content (AvgIpc) is 2.58. The maximum absolute atomic E-state index is 10.2. The number of ether oxygens (including phenoxy) is 4. The molecule has 2 aliphatic rings. The fourth-order valence-corrected chi connectivity index (χ4v) is 2.74. The van der Waals surface area contributed by atoms with Gasteiger partial charge in [0.2, 0.25) is 0 Å². The van der Waals surface area contributed by atoms with E-state index in [1.165, 1.54) is 7.11 Å². The lowest BCUT2D eigenvalue weighted by Gasteiger charge is -2.45. The normalized spacial score (nSPS) is 50.0. The predicted molar refractivity (Wildman–Crippen MR) is 73.4 cm³/mol. The number of aliphatic hydroxyl groups excluding tert-OH is 7. The summed E-state index contributed by atoms with van der Waals surface area (Å²) in [5, 5.41) is 68.1. The Morgan fingerprint density at radius 3 is 1.79 bits per heavy atom. The third kappa shape index (κ3) is 3.71. The number of hydrogen-bond donors (Lipinski definition) is 7. The number of methoxy groups -OCH3 is 1. The molecule has 0 saturated carbocycles. The molecule has 11 nitrogen and oxygen atoms in total. The van der Waals surface area contributed by atoms with Gasteiger partial charge in [-0.1, -0.05) is 0 Å². The molecule has 0 aromatic rings. The molecule has 2 fully saturated rings. The van der Waals surface area contributed by atoms with E-state index in [9.17, 15) is 30.6 Å². The van der Waals surface area contributed by atoms with Crippen LogP contribution in [0.15, 0.2) is 0 Å². The second kappa shape index (κ2) is 8.29. The fourth-order valence-electron chi connectivity index (χ4n) is 2.74. The minimum absolute atomic E-state index is 0.581. The SMILES string of the molecule is CO[C@H]1O[C@H](CO)[C@@H](O)[C@H](O[C@@H]2O[C@@H](CO)[C@H](O)[C@@H](O)[C@H]2O)[C@H]1O. The Hall–Kier alpha value is -0.440. The van der Waals surface area contributed by atoms with Gasteiger partial charge in [0, 0.05) is 7.11 Å². The standard InChI is InChI=1S/C13H24O11/c1-21-12-10(20)11(7(17)5(3-15)22-12)24-13-9(19)8(18)6(16)4(2-14)23-13/h4-20H,2-3H2,1H3/t4-,5+,6-,7+,8+,9+,10+,11-,12-,13-/m0/s1. The molecule has 0 amide bonds. The van der Waals surface area contributed by atoms with Gasteiger partial charge >= 0.3 is 0 Å². The molecule has 0 aliphatic carbocycles. The van der Waals surface area contributed by atoms with Gasteiger partial charge in [-0.25, -0.2) is 0 Å². The summed E-state index contributed by atoms with van der Waals surface area (Å²) in [6.45, 7) is -1.23. The van der Waals surface area contributed by atoms with Gasteiger partial charge < -0.3 is 54.7 Å². The molecule has 142 valence electrons. The number of hydrogen-bond acceptors (Lipinski definition) is 11. The van der Waals surface area contributed by atoms with Crippen LogP contribution in [-0.2, 0) is 18.9 Å². The van der Waals surface area contributed by atoms with E-state index in [1.807, 2.05) is 0 Å². The molecule has 0 aromatic heterocycles. The number of rotatable bonds is 5. The molecule has 0 bridgehead atoms. The van der Waals surface area contributed by atoms with Crippen molar-refractivity contribution in [3.63, 3.8) is 0 Å². The van der Waals surface area contributed by atoms with Gasteiger partial charge in [-0.05, 0) is 0 Å². The van der Waals surface area contributed by atoms with E-state index >= 15 is 0 Å². The molecule has 7 N–H and O–H groups in total. The quantitative estimate of drug-likeness (QED) is 0.251. The average molecular weight is 356 g/mol. The Morgan fingerprint density at radius 1 is 0.708 bits per heavy atom. The largest absolute Gasteiger partial charge is 0.394 e. The zero-order valence-electron chi connectivity index (χ0n) is 13.0. The lowest BCUT2D eigenvalue weighted by Crippen LogP contribution is -2.64. The lowest BCUT2D eigenvalue weighted by atomic mass is 9.97. The van der Waals surface area contributed by atoms with Crippen LogP contribution in [0.5, 0.6) is 0 Å². The zero-order chi connectivity index (χ0) is 18.0. The summed E-state index contributed by atoms with van der Waals surface area (Å²) in [6.07, 6.45) is -14.4. The fraction of sp³-hybridized carbons (Fsp3) is 1.00. The van der Waals surface area contributed by atoms with Gasteiger partial charge in [-0.2, -0.15) is 0 Å². The van der Waals surface area contributed by atoms with Crippen molar-refractivity contribution in [2.45, 2.75) is 61.4 Å². The highest BCUT2D eigenvalue weighted by Gasteiger charge is 2.50. The Labute approximate surface area is 137 Å². The summed E-state index contributed by atoms with van der Waals surface area (Å²) in [6, 6.07) is 0.